The van der Waals surface area contributed by atoms with Crippen molar-refractivity contribution >= 4 is 11.2 Å². The van der Waals surface area contributed by atoms with E-state index in [-0.39, 0.29) is 0 Å². The minimum atomic E-state index is 0.527. The van der Waals surface area contributed by atoms with Gasteiger partial charge in [-0.05, 0) is 12.1 Å². The SMILES string of the molecule is N#Cc1ccccc1-c1ncc2nc[nH]c2n1. The number of aromatic nitrogens is 4. The molecule has 0 radical (unpaired) electrons. The average molecular weight is 221 g/mol. The molecule has 5 nitrogen and oxygen atoms in total. The van der Waals surface area contributed by atoms with Crippen LogP contribution in [-0.4, -0.2) is 19.9 Å². The minimum Gasteiger partial charge on any atom is -0.329 e. The molecule has 0 unspecified atom stereocenters. The second kappa shape index (κ2) is 3.68. The number of fused-ring (bicyclic) bond motifs is 1. The molecular formula is C12H7N5. The molecule has 0 amide bonds. The Labute approximate surface area is 96.8 Å². The summed E-state index contributed by atoms with van der Waals surface area (Å²) >= 11 is 0. The molecule has 0 aliphatic carbocycles. The Morgan fingerprint density at radius 2 is 2.06 bits per heavy atom. The molecule has 3 aromatic rings. The molecule has 1 N–H and O–H groups in total. The zero-order valence-electron chi connectivity index (χ0n) is 8.75. The van der Waals surface area contributed by atoms with Gasteiger partial charge in [0.1, 0.15) is 5.52 Å². The molecule has 0 aliphatic rings. The Kier molecular flexibility index (Phi) is 2.06. The average Bonchev–Trinajstić information content (AvgIpc) is 2.85. The molecule has 2 aromatic heterocycles. The number of aromatic amines is 1. The van der Waals surface area contributed by atoms with Gasteiger partial charge in [-0.15, -0.1) is 0 Å². The van der Waals surface area contributed by atoms with E-state index in [0.29, 0.717) is 22.6 Å². The van der Waals surface area contributed by atoms with Gasteiger partial charge in [-0.2, -0.15) is 5.26 Å². The lowest BCUT2D eigenvalue weighted by molar-refractivity contribution is 1.20. The highest BCUT2D eigenvalue weighted by Gasteiger charge is 2.08. The van der Waals surface area contributed by atoms with Crippen LogP contribution in [0.1, 0.15) is 5.56 Å². The van der Waals surface area contributed by atoms with Gasteiger partial charge in [0.25, 0.3) is 0 Å². The van der Waals surface area contributed by atoms with E-state index < -0.39 is 0 Å². The standard InChI is InChI=1S/C12H7N5/c13-5-8-3-1-2-4-9(8)11-14-6-10-12(17-11)16-7-15-10/h1-4,6-7H,(H,14,15,16,17). The first-order valence-corrected chi connectivity index (χ1v) is 5.04. The molecule has 1 aromatic carbocycles. The number of benzene rings is 1. The molecule has 0 fully saturated rings. The molecule has 0 atom stereocenters. The van der Waals surface area contributed by atoms with Gasteiger partial charge in [0, 0.05) is 5.56 Å². The van der Waals surface area contributed by atoms with E-state index in [2.05, 4.69) is 26.0 Å². The predicted molar refractivity (Wildman–Crippen MR) is 61.8 cm³/mol. The highest BCUT2D eigenvalue weighted by Crippen LogP contribution is 2.20. The van der Waals surface area contributed by atoms with Gasteiger partial charge in [0.15, 0.2) is 11.5 Å². The smallest absolute Gasteiger partial charge is 0.163 e. The summed E-state index contributed by atoms with van der Waals surface area (Å²) in [5, 5.41) is 9.03. The van der Waals surface area contributed by atoms with Gasteiger partial charge in [-0.1, -0.05) is 12.1 Å². The Morgan fingerprint density at radius 3 is 2.94 bits per heavy atom. The highest BCUT2D eigenvalue weighted by atomic mass is 15.0. The van der Waals surface area contributed by atoms with Crippen LogP contribution in [0.25, 0.3) is 22.6 Å². The van der Waals surface area contributed by atoms with Crippen LogP contribution in [0.3, 0.4) is 0 Å². The third-order valence-corrected chi connectivity index (χ3v) is 2.46. The topological polar surface area (TPSA) is 78.2 Å². The van der Waals surface area contributed by atoms with Crippen molar-refractivity contribution in [2.75, 3.05) is 0 Å². The Hall–Kier alpha value is -2.74. The predicted octanol–water partition coefficient (Wildman–Crippen LogP) is 1.89. The molecule has 2 heterocycles. The van der Waals surface area contributed by atoms with Crippen molar-refractivity contribution < 1.29 is 0 Å². The van der Waals surface area contributed by atoms with Gasteiger partial charge < -0.3 is 4.98 Å². The third-order valence-electron chi connectivity index (χ3n) is 2.46. The number of nitriles is 1. The van der Waals surface area contributed by atoms with Crippen molar-refractivity contribution in [1.29, 1.82) is 5.26 Å². The van der Waals surface area contributed by atoms with E-state index in [1.54, 1.807) is 18.6 Å². The van der Waals surface area contributed by atoms with E-state index >= 15 is 0 Å². The molecule has 0 spiro atoms. The first-order valence-electron chi connectivity index (χ1n) is 5.04. The van der Waals surface area contributed by atoms with Crippen LogP contribution in [-0.2, 0) is 0 Å². The number of rotatable bonds is 1. The van der Waals surface area contributed by atoms with Gasteiger partial charge in [-0.25, -0.2) is 15.0 Å². The monoisotopic (exact) mass is 221 g/mol. The van der Waals surface area contributed by atoms with Crippen molar-refractivity contribution in [2.45, 2.75) is 0 Å². The zero-order chi connectivity index (χ0) is 11.7. The van der Waals surface area contributed by atoms with Gasteiger partial charge >= 0.3 is 0 Å². The third kappa shape index (κ3) is 1.52. The maximum atomic E-state index is 9.03. The minimum absolute atomic E-state index is 0.527. The first kappa shape index (κ1) is 9.48. The van der Waals surface area contributed by atoms with Crippen LogP contribution < -0.4 is 0 Å². The van der Waals surface area contributed by atoms with Crippen LogP contribution in [0.4, 0.5) is 0 Å². The fraction of sp³-hybridized carbons (Fsp3) is 0. The Morgan fingerprint density at radius 1 is 1.18 bits per heavy atom. The summed E-state index contributed by atoms with van der Waals surface area (Å²) in [7, 11) is 0. The summed E-state index contributed by atoms with van der Waals surface area (Å²) in [5.41, 5.74) is 2.67. The van der Waals surface area contributed by atoms with E-state index in [4.69, 9.17) is 5.26 Å². The fourth-order valence-corrected chi connectivity index (χ4v) is 1.64. The number of imidazole rings is 1. The quantitative estimate of drug-likeness (QED) is 0.680. The molecule has 3 rings (SSSR count). The normalized spacial score (nSPS) is 10.3. The summed E-state index contributed by atoms with van der Waals surface area (Å²) in [6, 6.07) is 9.38. The van der Waals surface area contributed by atoms with Gasteiger partial charge in [0.05, 0.1) is 24.2 Å². The second-order valence-electron chi connectivity index (χ2n) is 3.49. The van der Waals surface area contributed by atoms with Crippen LogP contribution >= 0.6 is 0 Å². The molecule has 0 bridgehead atoms. The summed E-state index contributed by atoms with van der Waals surface area (Å²) in [4.78, 5) is 15.5. The lowest BCUT2D eigenvalue weighted by Crippen LogP contribution is -1.92. The summed E-state index contributed by atoms with van der Waals surface area (Å²) in [6.07, 6.45) is 3.21. The molecule has 80 valence electrons. The number of H-pyrrole nitrogens is 1. The summed E-state index contributed by atoms with van der Waals surface area (Å²) in [5.74, 6) is 0.527. The van der Waals surface area contributed by atoms with Crippen LogP contribution in [0.15, 0.2) is 36.8 Å². The first-order chi connectivity index (χ1) is 8.38. The molecule has 17 heavy (non-hydrogen) atoms. The zero-order valence-corrected chi connectivity index (χ0v) is 8.75. The fourth-order valence-electron chi connectivity index (χ4n) is 1.64. The van der Waals surface area contributed by atoms with Crippen LogP contribution in [0.2, 0.25) is 0 Å². The van der Waals surface area contributed by atoms with Crippen molar-refractivity contribution in [3.63, 3.8) is 0 Å². The molecule has 0 aliphatic heterocycles. The lowest BCUT2D eigenvalue weighted by atomic mass is 10.1. The summed E-state index contributed by atoms with van der Waals surface area (Å²) in [6.45, 7) is 0. The number of nitrogens with one attached hydrogen (secondary N) is 1. The van der Waals surface area contributed by atoms with E-state index in [1.165, 1.54) is 0 Å². The maximum absolute atomic E-state index is 9.03. The lowest BCUT2D eigenvalue weighted by Gasteiger charge is -2.01. The van der Waals surface area contributed by atoms with Gasteiger partial charge in [0.2, 0.25) is 0 Å². The maximum Gasteiger partial charge on any atom is 0.163 e. The number of nitrogens with zero attached hydrogens (tertiary/aromatic N) is 4. The largest absolute Gasteiger partial charge is 0.329 e. The molecule has 0 saturated heterocycles. The summed E-state index contributed by atoms with van der Waals surface area (Å²) < 4.78 is 0. The van der Waals surface area contributed by atoms with Crippen molar-refractivity contribution in [1.82, 2.24) is 19.9 Å². The molecule has 5 heteroatoms. The van der Waals surface area contributed by atoms with Crippen molar-refractivity contribution in [3.05, 3.63) is 42.4 Å². The Balaban J connectivity index is 2.23. The second-order valence-corrected chi connectivity index (χ2v) is 3.49. The van der Waals surface area contributed by atoms with Crippen LogP contribution in [0.5, 0.6) is 0 Å². The molecular weight excluding hydrogens is 214 g/mol. The number of hydrogen-bond donors (Lipinski definition) is 1. The Bertz CT molecular complexity index is 723. The number of hydrogen-bond acceptors (Lipinski definition) is 4. The van der Waals surface area contributed by atoms with E-state index in [0.717, 1.165) is 5.56 Å². The highest BCUT2D eigenvalue weighted by molar-refractivity contribution is 5.73. The van der Waals surface area contributed by atoms with Crippen LogP contribution in [0, 0.1) is 11.3 Å². The van der Waals surface area contributed by atoms with Gasteiger partial charge in [-0.3, -0.25) is 0 Å². The van der Waals surface area contributed by atoms with Crippen molar-refractivity contribution in [3.8, 4) is 17.5 Å². The molecule has 0 saturated carbocycles. The van der Waals surface area contributed by atoms with E-state index in [1.807, 2.05) is 18.2 Å². The van der Waals surface area contributed by atoms with Crippen molar-refractivity contribution in [2.24, 2.45) is 0 Å². The van der Waals surface area contributed by atoms with E-state index in [9.17, 15) is 0 Å².